The van der Waals surface area contributed by atoms with E-state index in [0.717, 1.165) is 11.1 Å². The fraction of sp³-hybridized carbons (Fsp3) is 0.0870. The molecule has 2 N–H and O–H groups in total. The Hall–Kier alpha value is -2.86. The number of nitrogens with one attached hydrogen (secondary N) is 2. The molecule has 1 heterocycles. The molecule has 1 fully saturated rings. The monoisotopic (exact) mass is 472 g/mol. The molecule has 1 saturated heterocycles. The Labute approximate surface area is 194 Å². The van der Waals surface area contributed by atoms with E-state index in [4.69, 9.17) is 34.8 Å². The number of hydrogen-bond acceptors (Lipinski definition) is 2. The average Bonchev–Trinajstić information content (AvgIpc) is 3.05. The van der Waals surface area contributed by atoms with Gasteiger partial charge >= 0.3 is 5.91 Å². The van der Waals surface area contributed by atoms with Crippen molar-refractivity contribution in [2.75, 3.05) is 0 Å². The zero-order chi connectivity index (χ0) is 22.0. The maximum absolute atomic E-state index is 12.8. The minimum absolute atomic E-state index is 0.326. The summed E-state index contributed by atoms with van der Waals surface area (Å²) < 4.78 is 1.68. The summed E-state index contributed by atoms with van der Waals surface area (Å²) in [6, 6.07) is 19.5. The molecule has 1 aliphatic rings. The van der Waals surface area contributed by atoms with Crippen LogP contribution in [0.2, 0.25) is 15.1 Å². The zero-order valence-electron chi connectivity index (χ0n) is 16.1. The maximum atomic E-state index is 12.8. The lowest BCUT2D eigenvalue weighted by Gasteiger charge is -2.15. The zero-order valence-corrected chi connectivity index (χ0v) is 18.3. The number of nitrogens with zero attached hydrogens (tertiary/aromatic N) is 1. The fourth-order valence-electron chi connectivity index (χ4n) is 3.38. The molecule has 0 bridgehead atoms. The van der Waals surface area contributed by atoms with E-state index in [9.17, 15) is 9.59 Å². The third-order valence-corrected chi connectivity index (χ3v) is 5.66. The number of hydrazone groups is 1. The van der Waals surface area contributed by atoms with Crippen LogP contribution in [0.3, 0.4) is 0 Å². The first-order valence-electron chi connectivity index (χ1n) is 9.42. The molecule has 0 saturated carbocycles. The molecule has 156 valence electrons. The second-order valence-electron chi connectivity index (χ2n) is 7.02. The van der Waals surface area contributed by atoms with Crippen LogP contribution in [0.25, 0.3) is 0 Å². The van der Waals surface area contributed by atoms with Crippen LogP contribution >= 0.6 is 34.8 Å². The third kappa shape index (κ3) is 4.90. The van der Waals surface area contributed by atoms with Crippen LogP contribution in [-0.2, 0) is 4.79 Å². The fourth-order valence-corrected chi connectivity index (χ4v) is 3.75. The summed E-state index contributed by atoms with van der Waals surface area (Å²) in [5, 5.41) is 4.56. The normalized spacial score (nSPS) is 19.3. The molecule has 3 aromatic rings. The van der Waals surface area contributed by atoms with Gasteiger partial charge in [-0.3, -0.25) is 9.59 Å². The van der Waals surface area contributed by atoms with E-state index in [1.807, 2.05) is 24.3 Å². The Balaban J connectivity index is 1.69. The molecule has 2 atom stereocenters. The molecule has 3 aromatic carbocycles. The van der Waals surface area contributed by atoms with Gasteiger partial charge in [0.25, 0.3) is 5.91 Å². The van der Waals surface area contributed by atoms with Crippen molar-refractivity contribution in [2.24, 2.45) is 0 Å². The third-order valence-electron chi connectivity index (χ3n) is 4.90. The van der Waals surface area contributed by atoms with Gasteiger partial charge in [0.2, 0.25) is 12.3 Å². The summed E-state index contributed by atoms with van der Waals surface area (Å²) in [6.07, 6.45) is 1.79. The molecule has 1 aliphatic heterocycles. The quantitative estimate of drug-likeness (QED) is 0.541. The van der Waals surface area contributed by atoms with E-state index in [1.165, 1.54) is 0 Å². The van der Waals surface area contributed by atoms with E-state index in [1.54, 1.807) is 59.4 Å². The van der Waals surface area contributed by atoms with Gasteiger partial charge in [0, 0.05) is 31.8 Å². The number of benzene rings is 3. The molecule has 31 heavy (non-hydrogen) atoms. The van der Waals surface area contributed by atoms with E-state index < -0.39 is 12.1 Å². The van der Waals surface area contributed by atoms with E-state index in [2.05, 4.69) is 10.7 Å². The lowest BCUT2D eigenvalue weighted by molar-refractivity contribution is -0.596. The predicted molar refractivity (Wildman–Crippen MR) is 122 cm³/mol. The van der Waals surface area contributed by atoms with Crippen molar-refractivity contribution in [1.29, 1.82) is 0 Å². The van der Waals surface area contributed by atoms with Gasteiger partial charge in [-0.25, -0.2) is 0 Å². The molecule has 0 aromatic heterocycles. The number of carbonyl (C=O) groups excluding carboxylic acids is 2. The Bertz CT molecular complexity index is 1140. The van der Waals surface area contributed by atoms with Crippen LogP contribution in [-0.4, -0.2) is 28.8 Å². The van der Waals surface area contributed by atoms with Crippen molar-refractivity contribution in [1.82, 2.24) is 10.7 Å². The highest BCUT2D eigenvalue weighted by Crippen LogP contribution is 2.27. The number of carbonyl (C=O) groups is 2. The molecule has 0 aliphatic carbocycles. The molecule has 8 heteroatoms. The van der Waals surface area contributed by atoms with Gasteiger partial charge in [0.1, 0.15) is 0 Å². The van der Waals surface area contributed by atoms with Gasteiger partial charge in [0.05, 0.1) is 0 Å². The SMILES string of the molecule is O=C(N[C@H]1C(=O)N/[N+](=C\c2ccc(Cl)cc2)[C@H]1c1ccc(Cl)cc1)c1ccc(Cl)cc1. The number of hydrogen-bond donors (Lipinski definition) is 2. The summed E-state index contributed by atoms with van der Waals surface area (Å²) in [4.78, 5) is 25.6. The Kier molecular flexibility index (Phi) is 6.28. The van der Waals surface area contributed by atoms with Crippen LogP contribution in [0.4, 0.5) is 0 Å². The van der Waals surface area contributed by atoms with Gasteiger partial charge in [-0.1, -0.05) is 46.9 Å². The van der Waals surface area contributed by atoms with E-state index in [0.29, 0.717) is 20.6 Å². The largest absolute Gasteiger partial charge is 0.334 e. The number of hydrazine groups is 1. The van der Waals surface area contributed by atoms with Crippen LogP contribution in [0, 0.1) is 0 Å². The summed E-state index contributed by atoms with van der Waals surface area (Å²) in [5.41, 5.74) is 4.90. The first kappa shape index (κ1) is 21.4. The topological polar surface area (TPSA) is 61.2 Å². The minimum Gasteiger partial charge on any atom is -0.334 e. The Morgan fingerprint density at radius 2 is 1.35 bits per heavy atom. The Morgan fingerprint density at radius 3 is 1.94 bits per heavy atom. The van der Waals surface area contributed by atoms with Crippen LogP contribution in [0.5, 0.6) is 0 Å². The molecule has 0 spiro atoms. The predicted octanol–water partition coefficient (Wildman–Crippen LogP) is 4.66. The molecule has 0 radical (unpaired) electrons. The van der Waals surface area contributed by atoms with Crippen molar-refractivity contribution in [2.45, 2.75) is 12.1 Å². The first-order valence-corrected chi connectivity index (χ1v) is 10.6. The van der Waals surface area contributed by atoms with Gasteiger partial charge in [0.15, 0.2) is 6.04 Å². The smallest absolute Gasteiger partial charge is 0.304 e. The van der Waals surface area contributed by atoms with Crippen LogP contribution < -0.4 is 10.7 Å². The van der Waals surface area contributed by atoms with Crippen LogP contribution in [0.15, 0.2) is 72.8 Å². The first-order chi connectivity index (χ1) is 14.9. The number of rotatable bonds is 4. The highest BCUT2D eigenvalue weighted by molar-refractivity contribution is 6.31. The molecular formula is C23H17Cl3N3O2+. The Morgan fingerprint density at radius 1 is 0.839 bits per heavy atom. The highest BCUT2D eigenvalue weighted by Gasteiger charge is 2.47. The van der Waals surface area contributed by atoms with E-state index >= 15 is 0 Å². The van der Waals surface area contributed by atoms with Crippen molar-refractivity contribution < 1.29 is 14.3 Å². The standard InChI is InChI=1S/C23H16Cl3N3O2/c24-17-7-1-14(2-8-17)13-29-21(15-3-9-18(25)10-4-15)20(23(31)28-29)27-22(30)16-5-11-19(26)12-6-16/h1-13,20-21H,(H-,27,28,30,31)/p+1/b29-13-/t20-,21+/m1/s1. The van der Waals surface area contributed by atoms with Gasteiger partial charge in [-0.05, 0) is 60.7 Å². The molecule has 5 nitrogen and oxygen atoms in total. The van der Waals surface area contributed by atoms with Crippen molar-refractivity contribution >= 4 is 52.8 Å². The second kappa shape index (κ2) is 9.10. The summed E-state index contributed by atoms with van der Waals surface area (Å²) in [7, 11) is 0. The minimum atomic E-state index is -0.826. The lowest BCUT2D eigenvalue weighted by atomic mass is 10.00. The second-order valence-corrected chi connectivity index (χ2v) is 8.33. The highest BCUT2D eigenvalue weighted by atomic mass is 35.5. The molecular weight excluding hydrogens is 457 g/mol. The van der Waals surface area contributed by atoms with Crippen LogP contribution in [0.1, 0.15) is 27.5 Å². The number of amides is 2. The van der Waals surface area contributed by atoms with Gasteiger partial charge in [-0.15, -0.1) is 10.1 Å². The van der Waals surface area contributed by atoms with Crippen molar-refractivity contribution in [3.8, 4) is 0 Å². The van der Waals surface area contributed by atoms with Crippen molar-refractivity contribution in [3.05, 3.63) is 105 Å². The summed E-state index contributed by atoms with van der Waals surface area (Å²) in [6.45, 7) is 0. The molecule has 0 unspecified atom stereocenters. The van der Waals surface area contributed by atoms with E-state index in [-0.39, 0.29) is 11.8 Å². The molecule has 4 rings (SSSR count). The van der Waals surface area contributed by atoms with Crippen molar-refractivity contribution in [3.63, 3.8) is 0 Å². The van der Waals surface area contributed by atoms with Gasteiger partial charge < -0.3 is 5.32 Å². The lowest BCUT2D eigenvalue weighted by Crippen LogP contribution is -2.42. The average molecular weight is 474 g/mol. The maximum Gasteiger partial charge on any atom is 0.304 e. The van der Waals surface area contributed by atoms with Gasteiger partial charge in [-0.2, -0.15) is 0 Å². The number of halogens is 3. The molecule has 2 amide bonds. The summed E-state index contributed by atoms with van der Waals surface area (Å²) in [5.74, 6) is -0.698. The summed E-state index contributed by atoms with van der Waals surface area (Å²) >= 11 is 17.9.